The zero-order chi connectivity index (χ0) is 16.4. The maximum atomic E-state index is 5.34. The summed E-state index contributed by atoms with van der Waals surface area (Å²) in [6.45, 7) is 2.04. The summed E-state index contributed by atoms with van der Waals surface area (Å²) in [6, 6.07) is 4.50. The molecule has 1 saturated carbocycles. The first-order valence-electron chi connectivity index (χ1n) is 8.22. The van der Waals surface area contributed by atoms with Crippen molar-refractivity contribution in [3.63, 3.8) is 0 Å². The highest BCUT2D eigenvalue weighted by molar-refractivity contribution is 7.98. The van der Waals surface area contributed by atoms with Crippen LogP contribution in [0.25, 0.3) is 10.8 Å². The number of hydrogen-bond acceptors (Lipinski definition) is 7. The second kappa shape index (κ2) is 7.06. The van der Waals surface area contributed by atoms with Crippen LogP contribution in [0.15, 0.2) is 27.2 Å². The lowest BCUT2D eigenvalue weighted by molar-refractivity contribution is 0.332. The van der Waals surface area contributed by atoms with Crippen LogP contribution in [0.2, 0.25) is 0 Å². The van der Waals surface area contributed by atoms with Gasteiger partial charge >= 0.3 is 0 Å². The summed E-state index contributed by atoms with van der Waals surface area (Å²) >= 11 is 3.23. The Labute approximate surface area is 148 Å². The number of hydrogen-bond donors (Lipinski definition) is 0. The molecule has 0 N–H and O–H groups in total. The molecule has 0 atom stereocenters. The van der Waals surface area contributed by atoms with E-state index in [-0.39, 0.29) is 0 Å². The number of nitrogens with zero attached hydrogens (tertiary/aromatic N) is 5. The molecule has 0 aliphatic heterocycles. The summed E-state index contributed by atoms with van der Waals surface area (Å²) in [4.78, 5) is 5.47. The van der Waals surface area contributed by atoms with Gasteiger partial charge in [-0.25, -0.2) is 0 Å². The Hall–Kier alpha value is -1.67. The number of aryl methyl sites for hydroxylation is 1. The maximum Gasteiger partial charge on any atom is 0.268 e. The zero-order valence-electron chi connectivity index (χ0n) is 13.5. The molecule has 3 heterocycles. The summed E-state index contributed by atoms with van der Waals surface area (Å²) in [6.07, 6.45) is 6.37. The van der Waals surface area contributed by atoms with Gasteiger partial charge in [-0.1, -0.05) is 42.2 Å². The molecule has 126 valence electrons. The van der Waals surface area contributed by atoms with Crippen molar-refractivity contribution in [2.75, 3.05) is 0 Å². The van der Waals surface area contributed by atoms with Gasteiger partial charge in [-0.3, -0.25) is 0 Å². The molecule has 0 spiro atoms. The smallest absolute Gasteiger partial charge is 0.268 e. The molecule has 3 aromatic rings. The van der Waals surface area contributed by atoms with Crippen molar-refractivity contribution in [3.05, 3.63) is 29.2 Å². The highest BCUT2D eigenvalue weighted by Gasteiger charge is 2.21. The van der Waals surface area contributed by atoms with Gasteiger partial charge in [0.25, 0.3) is 5.89 Å². The quantitative estimate of drug-likeness (QED) is 0.623. The molecule has 1 fully saturated rings. The molecular weight excluding hydrogens is 342 g/mol. The Balaban J connectivity index is 1.46. The molecule has 24 heavy (non-hydrogen) atoms. The van der Waals surface area contributed by atoms with Crippen molar-refractivity contribution >= 4 is 23.1 Å². The van der Waals surface area contributed by atoms with Gasteiger partial charge in [0.05, 0.1) is 10.6 Å². The molecule has 0 aromatic carbocycles. The Kier molecular flexibility index (Phi) is 4.66. The largest absolute Gasteiger partial charge is 0.333 e. The fourth-order valence-electron chi connectivity index (χ4n) is 3.15. The average Bonchev–Trinajstić information content (AvgIpc) is 3.34. The second-order valence-corrected chi connectivity index (χ2v) is 7.86. The van der Waals surface area contributed by atoms with Gasteiger partial charge in [-0.2, -0.15) is 4.98 Å². The third-order valence-electron chi connectivity index (χ3n) is 4.31. The molecular formula is C16H19N5OS2. The van der Waals surface area contributed by atoms with E-state index < -0.39 is 0 Å². The molecule has 6 nitrogen and oxygen atoms in total. The molecule has 0 amide bonds. The predicted molar refractivity (Wildman–Crippen MR) is 94.1 cm³/mol. The van der Waals surface area contributed by atoms with Crippen LogP contribution in [0.1, 0.15) is 49.8 Å². The molecule has 0 radical (unpaired) electrons. The molecule has 4 rings (SSSR count). The maximum absolute atomic E-state index is 5.34. The van der Waals surface area contributed by atoms with Gasteiger partial charge in [0, 0.05) is 6.04 Å². The summed E-state index contributed by atoms with van der Waals surface area (Å²) in [5.41, 5.74) is 0. The van der Waals surface area contributed by atoms with Crippen molar-refractivity contribution < 1.29 is 4.52 Å². The Morgan fingerprint density at radius 3 is 2.96 bits per heavy atom. The molecule has 0 saturated heterocycles. The van der Waals surface area contributed by atoms with Crippen LogP contribution in [0.3, 0.4) is 0 Å². The monoisotopic (exact) mass is 361 g/mol. The van der Waals surface area contributed by atoms with Gasteiger partial charge < -0.3 is 9.09 Å². The van der Waals surface area contributed by atoms with Crippen LogP contribution in [0.5, 0.6) is 0 Å². The van der Waals surface area contributed by atoms with E-state index in [1.165, 1.54) is 32.1 Å². The van der Waals surface area contributed by atoms with Gasteiger partial charge in [-0.15, -0.1) is 21.5 Å². The van der Waals surface area contributed by atoms with Crippen LogP contribution in [0.4, 0.5) is 0 Å². The van der Waals surface area contributed by atoms with Crippen molar-refractivity contribution in [2.45, 2.75) is 56.0 Å². The second-order valence-electron chi connectivity index (χ2n) is 5.97. The topological polar surface area (TPSA) is 69.6 Å². The molecule has 8 heteroatoms. The lowest BCUT2D eigenvalue weighted by Crippen LogP contribution is -2.15. The van der Waals surface area contributed by atoms with Crippen LogP contribution in [-0.4, -0.2) is 24.9 Å². The Morgan fingerprint density at radius 1 is 1.29 bits per heavy atom. The zero-order valence-corrected chi connectivity index (χ0v) is 15.1. The van der Waals surface area contributed by atoms with Gasteiger partial charge in [-0.05, 0) is 31.2 Å². The summed E-state index contributed by atoms with van der Waals surface area (Å²) in [5, 5.41) is 15.7. The normalized spacial score (nSPS) is 15.9. The SMILES string of the molecule is Cc1nnc(SCc2noc(-c3cccs3)n2)n1C1CCCCC1. The lowest BCUT2D eigenvalue weighted by atomic mass is 9.95. The van der Waals surface area contributed by atoms with Crippen molar-refractivity contribution in [2.24, 2.45) is 0 Å². The summed E-state index contributed by atoms with van der Waals surface area (Å²) < 4.78 is 7.64. The number of rotatable bonds is 5. The molecule has 0 bridgehead atoms. The summed E-state index contributed by atoms with van der Waals surface area (Å²) in [5.74, 6) is 2.92. The van der Waals surface area contributed by atoms with Crippen molar-refractivity contribution in [1.29, 1.82) is 0 Å². The van der Waals surface area contributed by atoms with E-state index in [2.05, 4.69) is 24.9 Å². The molecule has 1 aliphatic rings. The lowest BCUT2D eigenvalue weighted by Gasteiger charge is -2.24. The summed E-state index contributed by atoms with van der Waals surface area (Å²) in [7, 11) is 0. The third kappa shape index (κ3) is 3.25. The van der Waals surface area contributed by atoms with Crippen molar-refractivity contribution in [3.8, 4) is 10.8 Å². The van der Waals surface area contributed by atoms with Crippen LogP contribution < -0.4 is 0 Å². The number of thioether (sulfide) groups is 1. The van der Waals surface area contributed by atoms with Crippen LogP contribution in [-0.2, 0) is 5.75 Å². The van der Waals surface area contributed by atoms with Gasteiger partial charge in [0.1, 0.15) is 5.82 Å². The average molecular weight is 361 g/mol. The minimum atomic E-state index is 0.531. The van der Waals surface area contributed by atoms with E-state index in [0.717, 1.165) is 15.9 Å². The minimum absolute atomic E-state index is 0.531. The first-order chi connectivity index (χ1) is 11.8. The molecule has 1 aliphatic carbocycles. The Morgan fingerprint density at radius 2 is 2.17 bits per heavy atom. The highest BCUT2D eigenvalue weighted by atomic mass is 32.2. The number of aromatic nitrogens is 5. The Bertz CT molecular complexity index is 789. The van der Waals surface area contributed by atoms with Gasteiger partial charge in [0.2, 0.25) is 0 Å². The van der Waals surface area contributed by atoms with Crippen molar-refractivity contribution in [1.82, 2.24) is 24.9 Å². The van der Waals surface area contributed by atoms with E-state index in [1.807, 2.05) is 24.4 Å². The minimum Gasteiger partial charge on any atom is -0.333 e. The molecule has 0 unspecified atom stereocenters. The van der Waals surface area contributed by atoms with E-state index in [9.17, 15) is 0 Å². The number of thiophene rings is 1. The fraction of sp³-hybridized carbons (Fsp3) is 0.500. The van der Waals surface area contributed by atoms with E-state index in [1.54, 1.807) is 23.1 Å². The van der Waals surface area contributed by atoms with E-state index in [0.29, 0.717) is 23.5 Å². The predicted octanol–water partition coefficient (Wildman–Crippen LogP) is 4.50. The van der Waals surface area contributed by atoms with Crippen LogP contribution in [0, 0.1) is 6.92 Å². The van der Waals surface area contributed by atoms with Gasteiger partial charge in [0.15, 0.2) is 11.0 Å². The first-order valence-corrected chi connectivity index (χ1v) is 10.1. The standard InChI is InChI=1S/C16H19N5OS2/c1-11-18-19-16(21(11)12-6-3-2-4-7-12)24-10-14-17-15(22-20-14)13-8-5-9-23-13/h5,8-9,12H,2-4,6-7,10H2,1H3. The van der Waals surface area contributed by atoms with Crippen LogP contribution >= 0.6 is 23.1 Å². The van der Waals surface area contributed by atoms with E-state index >= 15 is 0 Å². The third-order valence-corrected chi connectivity index (χ3v) is 6.10. The first kappa shape index (κ1) is 15.8. The molecule has 3 aromatic heterocycles. The highest BCUT2D eigenvalue weighted by Crippen LogP contribution is 2.33. The fourth-order valence-corrected chi connectivity index (χ4v) is 4.69. The van der Waals surface area contributed by atoms with E-state index in [4.69, 9.17) is 4.52 Å².